The molecule has 2 fully saturated rings. The number of benzene rings is 1. The summed E-state index contributed by atoms with van der Waals surface area (Å²) in [6.45, 7) is 6.18. The first-order chi connectivity index (χ1) is 16.1. The maximum atomic E-state index is 13.4. The molecule has 2 aliphatic rings. The highest BCUT2D eigenvalue weighted by Crippen LogP contribution is 2.31. The lowest BCUT2D eigenvalue weighted by atomic mass is 9.93. The Bertz CT molecular complexity index is 1090. The number of nitrogens with zero attached hydrogens (tertiary/aromatic N) is 6. The monoisotopic (exact) mass is 447 g/mol. The van der Waals surface area contributed by atoms with E-state index in [4.69, 9.17) is 10.7 Å². The van der Waals surface area contributed by atoms with Crippen molar-refractivity contribution in [3.8, 4) is 11.3 Å². The second-order valence-electron chi connectivity index (χ2n) is 9.20. The van der Waals surface area contributed by atoms with Gasteiger partial charge in [0.05, 0.1) is 5.69 Å². The first-order valence-electron chi connectivity index (χ1n) is 12.0. The molecule has 1 aromatic carbocycles. The van der Waals surface area contributed by atoms with Gasteiger partial charge in [0.25, 0.3) is 0 Å². The average molecular weight is 447 g/mol. The van der Waals surface area contributed by atoms with Crippen LogP contribution in [0.25, 0.3) is 11.3 Å². The molecule has 5 rings (SSSR count). The third-order valence-corrected chi connectivity index (χ3v) is 7.06. The van der Waals surface area contributed by atoms with E-state index in [0.29, 0.717) is 11.7 Å². The lowest BCUT2D eigenvalue weighted by Gasteiger charge is -2.33. The third kappa shape index (κ3) is 4.73. The molecule has 0 saturated carbocycles. The molecule has 2 aliphatic heterocycles. The summed E-state index contributed by atoms with van der Waals surface area (Å²) in [5, 5.41) is 0. The Morgan fingerprint density at radius 1 is 1.00 bits per heavy atom. The molecule has 0 amide bonds. The standard InChI is InChI=1S/C24H31BFN7/c25-21-22(27)28-16-29-24(21)32-11-7-18(8-12-32)23-30-20(17-3-5-19(26)6-4-17)15-33(23)14-13-31-9-1-2-10-31/h3-6,15-16,18H,1-2,7-14,25H2,(H2,27,28,29). The smallest absolute Gasteiger partial charge is 0.149 e. The Kier molecular flexibility index (Phi) is 6.31. The molecule has 7 nitrogen and oxygen atoms in total. The number of hydrogen-bond donors (Lipinski definition) is 1. The van der Waals surface area contributed by atoms with E-state index in [9.17, 15) is 4.39 Å². The number of imidazole rings is 1. The van der Waals surface area contributed by atoms with Crippen molar-refractivity contribution in [3.63, 3.8) is 0 Å². The predicted octanol–water partition coefficient (Wildman–Crippen LogP) is 1.80. The van der Waals surface area contributed by atoms with Crippen molar-refractivity contribution >= 4 is 24.9 Å². The molecule has 0 spiro atoms. The topological polar surface area (TPSA) is 76.1 Å². The molecule has 33 heavy (non-hydrogen) atoms. The maximum absolute atomic E-state index is 13.4. The molecular formula is C24H31BFN7. The van der Waals surface area contributed by atoms with Crippen molar-refractivity contribution in [2.75, 3.05) is 43.4 Å². The van der Waals surface area contributed by atoms with Crippen LogP contribution >= 0.6 is 0 Å². The number of likely N-dealkylation sites (tertiary alicyclic amines) is 1. The van der Waals surface area contributed by atoms with Gasteiger partial charge in [-0.2, -0.15) is 0 Å². The van der Waals surface area contributed by atoms with E-state index in [-0.39, 0.29) is 5.82 Å². The molecule has 0 unspecified atom stereocenters. The van der Waals surface area contributed by atoms with Gasteiger partial charge >= 0.3 is 0 Å². The molecular weight excluding hydrogens is 416 g/mol. The van der Waals surface area contributed by atoms with Gasteiger partial charge in [0.15, 0.2) is 0 Å². The number of piperidine rings is 1. The number of nitrogens with two attached hydrogens (primary N) is 1. The van der Waals surface area contributed by atoms with Gasteiger partial charge < -0.3 is 20.1 Å². The van der Waals surface area contributed by atoms with Gasteiger partial charge in [-0.1, -0.05) is 0 Å². The van der Waals surface area contributed by atoms with Gasteiger partial charge in [0, 0.05) is 43.9 Å². The summed E-state index contributed by atoms with van der Waals surface area (Å²) in [5.41, 5.74) is 8.83. The lowest BCUT2D eigenvalue weighted by Crippen LogP contribution is -2.38. The lowest BCUT2D eigenvalue weighted by molar-refractivity contribution is 0.317. The Morgan fingerprint density at radius 3 is 2.45 bits per heavy atom. The Hall–Kier alpha value is -2.94. The molecule has 0 radical (unpaired) electrons. The Morgan fingerprint density at radius 2 is 1.73 bits per heavy atom. The molecule has 3 aromatic rings. The third-order valence-electron chi connectivity index (χ3n) is 7.06. The second kappa shape index (κ2) is 9.51. The molecule has 0 atom stereocenters. The minimum atomic E-state index is -0.222. The van der Waals surface area contributed by atoms with Crippen LogP contribution in [0.4, 0.5) is 16.0 Å². The van der Waals surface area contributed by atoms with Gasteiger partial charge in [0.2, 0.25) is 0 Å². The van der Waals surface area contributed by atoms with Crippen LogP contribution in [0.3, 0.4) is 0 Å². The van der Waals surface area contributed by atoms with Crippen LogP contribution in [0.1, 0.15) is 37.4 Å². The van der Waals surface area contributed by atoms with E-state index in [0.717, 1.165) is 67.4 Å². The first-order valence-corrected chi connectivity index (χ1v) is 12.0. The van der Waals surface area contributed by atoms with Gasteiger partial charge in [-0.3, -0.25) is 0 Å². The second-order valence-corrected chi connectivity index (χ2v) is 9.20. The van der Waals surface area contributed by atoms with Gasteiger partial charge in [0.1, 0.15) is 37.5 Å². The summed E-state index contributed by atoms with van der Waals surface area (Å²) in [7, 11) is 1.98. The maximum Gasteiger partial charge on any atom is 0.149 e. The van der Waals surface area contributed by atoms with Gasteiger partial charge in [-0.25, -0.2) is 19.3 Å². The number of aromatic nitrogens is 4. The van der Waals surface area contributed by atoms with Crippen molar-refractivity contribution in [2.24, 2.45) is 0 Å². The highest BCUT2D eigenvalue weighted by molar-refractivity contribution is 6.38. The molecule has 0 bridgehead atoms. The fraction of sp³-hybridized carbons (Fsp3) is 0.458. The predicted molar refractivity (Wildman–Crippen MR) is 132 cm³/mol. The molecule has 0 aliphatic carbocycles. The molecule has 4 heterocycles. The summed E-state index contributed by atoms with van der Waals surface area (Å²) in [4.78, 5) is 18.5. The summed E-state index contributed by atoms with van der Waals surface area (Å²) >= 11 is 0. The van der Waals surface area contributed by atoms with E-state index in [2.05, 4.69) is 30.5 Å². The van der Waals surface area contributed by atoms with Crippen LogP contribution in [0.15, 0.2) is 36.8 Å². The summed E-state index contributed by atoms with van der Waals surface area (Å²) in [6.07, 6.45) is 8.30. The van der Waals surface area contributed by atoms with Crippen molar-refractivity contribution in [1.82, 2.24) is 24.4 Å². The number of rotatable bonds is 6. The number of halogens is 1. The Balaban J connectivity index is 1.35. The van der Waals surface area contributed by atoms with E-state index < -0.39 is 0 Å². The highest BCUT2D eigenvalue weighted by Gasteiger charge is 2.27. The van der Waals surface area contributed by atoms with Gasteiger partial charge in [-0.05, 0) is 68.5 Å². The van der Waals surface area contributed by atoms with E-state index in [1.807, 2.05) is 20.0 Å². The minimum Gasteiger partial charge on any atom is -0.384 e. The van der Waals surface area contributed by atoms with Crippen LogP contribution < -0.4 is 16.1 Å². The molecule has 2 aromatic heterocycles. The SMILES string of the molecule is Bc1c(N)ncnc1N1CCC(c2nc(-c3ccc(F)cc3)cn2CCN2CCCC2)CC1. The number of hydrogen-bond acceptors (Lipinski definition) is 6. The largest absolute Gasteiger partial charge is 0.384 e. The Labute approximate surface area is 195 Å². The van der Waals surface area contributed by atoms with Crippen molar-refractivity contribution in [3.05, 3.63) is 48.4 Å². The van der Waals surface area contributed by atoms with Crippen LogP contribution in [0.5, 0.6) is 0 Å². The van der Waals surface area contributed by atoms with Crippen molar-refractivity contribution in [2.45, 2.75) is 38.1 Å². The fourth-order valence-corrected chi connectivity index (χ4v) is 5.07. The normalized spacial score (nSPS) is 17.7. The molecule has 2 N–H and O–H groups in total. The first kappa shape index (κ1) is 21.9. The summed E-state index contributed by atoms with van der Waals surface area (Å²) in [5.74, 6) is 2.79. The summed E-state index contributed by atoms with van der Waals surface area (Å²) < 4.78 is 15.8. The van der Waals surface area contributed by atoms with Crippen molar-refractivity contribution in [1.29, 1.82) is 0 Å². The number of anilines is 2. The molecule has 2 saturated heterocycles. The zero-order valence-corrected chi connectivity index (χ0v) is 19.3. The fourth-order valence-electron chi connectivity index (χ4n) is 5.07. The minimum absolute atomic E-state index is 0.222. The molecule has 172 valence electrons. The highest BCUT2D eigenvalue weighted by atomic mass is 19.1. The zero-order valence-electron chi connectivity index (χ0n) is 19.3. The molecule has 9 heteroatoms. The van der Waals surface area contributed by atoms with E-state index in [1.165, 1.54) is 38.1 Å². The quantitative estimate of drug-likeness (QED) is 0.581. The van der Waals surface area contributed by atoms with Crippen molar-refractivity contribution < 1.29 is 4.39 Å². The van der Waals surface area contributed by atoms with Crippen LogP contribution in [0, 0.1) is 5.82 Å². The van der Waals surface area contributed by atoms with Gasteiger partial charge in [-0.15, -0.1) is 0 Å². The summed E-state index contributed by atoms with van der Waals surface area (Å²) in [6, 6.07) is 6.65. The van der Waals surface area contributed by atoms with E-state index >= 15 is 0 Å². The van der Waals surface area contributed by atoms with Crippen LogP contribution in [-0.4, -0.2) is 65.0 Å². The van der Waals surface area contributed by atoms with Crippen LogP contribution in [-0.2, 0) is 6.54 Å². The van der Waals surface area contributed by atoms with E-state index in [1.54, 1.807) is 6.33 Å². The zero-order chi connectivity index (χ0) is 22.8. The van der Waals surface area contributed by atoms with Crippen LogP contribution in [0.2, 0.25) is 0 Å². The number of nitrogen functional groups attached to an aromatic ring is 1. The average Bonchev–Trinajstić information content (AvgIpc) is 3.50.